The molecule has 1 N–H and O–H groups in total. The van der Waals surface area contributed by atoms with Crippen LogP contribution in [-0.4, -0.2) is 52.0 Å². The molecule has 0 saturated heterocycles. The van der Waals surface area contributed by atoms with Gasteiger partial charge < -0.3 is 10.0 Å². The van der Waals surface area contributed by atoms with Crippen molar-refractivity contribution < 1.29 is 14.7 Å². The molecule has 0 fully saturated rings. The molecule has 0 aromatic carbocycles. The van der Waals surface area contributed by atoms with Crippen LogP contribution in [0.2, 0.25) is 0 Å². The Bertz CT molecular complexity index is 434. The largest absolute Gasteiger partial charge is 0.476 e. The second kappa shape index (κ2) is 6.75. The highest BCUT2D eigenvalue weighted by atomic mass is 32.2. The maximum absolute atomic E-state index is 12.1. The lowest BCUT2D eigenvalue weighted by Crippen LogP contribution is -2.35. The van der Waals surface area contributed by atoms with E-state index in [1.807, 2.05) is 13.2 Å². The molecule has 0 saturated carbocycles. The Morgan fingerprint density at radius 2 is 2.28 bits per heavy atom. The second-order valence-corrected chi connectivity index (χ2v) is 5.73. The molecule has 1 heterocycles. The Labute approximate surface area is 114 Å². The molecule has 0 aliphatic rings. The van der Waals surface area contributed by atoms with Gasteiger partial charge in [0.1, 0.15) is 5.69 Å². The molecular weight excluding hydrogens is 272 g/mol. The summed E-state index contributed by atoms with van der Waals surface area (Å²) in [5, 5.41) is 10.2. The summed E-state index contributed by atoms with van der Waals surface area (Å²) in [6.07, 6.45) is 2.92. The first kappa shape index (κ1) is 15.0. The molecule has 1 unspecified atom stereocenters. The minimum atomic E-state index is -1.10. The molecule has 18 heavy (non-hydrogen) atoms. The van der Waals surface area contributed by atoms with Crippen molar-refractivity contribution in [1.82, 2.24) is 9.88 Å². The van der Waals surface area contributed by atoms with Crippen molar-refractivity contribution >= 4 is 35.0 Å². The van der Waals surface area contributed by atoms with E-state index in [1.165, 1.54) is 5.38 Å². The molecule has 0 bridgehead atoms. The maximum Gasteiger partial charge on any atom is 0.365 e. The predicted molar refractivity (Wildman–Crippen MR) is 73.6 cm³/mol. The van der Waals surface area contributed by atoms with Crippen LogP contribution in [0.3, 0.4) is 0 Å². The summed E-state index contributed by atoms with van der Waals surface area (Å²) in [6, 6.07) is 0.111. The fourth-order valence-corrected chi connectivity index (χ4v) is 2.54. The summed E-state index contributed by atoms with van der Waals surface area (Å²) in [6.45, 7) is 1.97. The van der Waals surface area contributed by atoms with Gasteiger partial charge in [-0.25, -0.2) is 9.78 Å². The number of thiazole rings is 1. The quantitative estimate of drug-likeness (QED) is 0.867. The molecule has 1 atom stereocenters. The average molecular weight is 288 g/mol. The number of carboxylic acid groups (broad SMARTS) is 1. The van der Waals surface area contributed by atoms with E-state index in [-0.39, 0.29) is 22.7 Å². The summed E-state index contributed by atoms with van der Waals surface area (Å²) < 4.78 is 0. The van der Waals surface area contributed by atoms with Crippen molar-refractivity contribution in [2.75, 3.05) is 19.1 Å². The zero-order valence-electron chi connectivity index (χ0n) is 10.5. The maximum atomic E-state index is 12.1. The summed E-state index contributed by atoms with van der Waals surface area (Å²) >= 11 is 2.70. The van der Waals surface area contributed by atoms with E-state index in [4.69, 9.17) is 5.11 Å². The number of thioether (sulfide) groups is 1. The van der Waals surface area contributed by atoms with Crippen LogP contribution in [0, 0.1) is 0 Å². The van der Waals surface area contributed by atoms with Gasteiger partial charge in [0.25, 0.3) is 5.91 Å². The van der Waals surface area contributed by atoms with Gasteiger partial charge in [0, 0.05) is 18.5 Å². The number of carboxylic acids is 1. The van der Waals surface area contributed by atoms with E-state index in [0.29, 0.717) is 0 Å². The first-order chi connectivity index (χ1) is 8.47. The molecule has 1 amide bonds. The number of hydrogen-bond acceptors (Lipinski definition) is 5. The molecule has 0 radical (unpaired) electrons. The van der Waals surface area contributed by atoms with Crippen molar-refractivity contribution in [2.24, 2.45) is 0 Å². The van der Waals surface area contributed by atoms with Crippen molar-refractivity contribution in [2.45, 2.75) is 19.4 Å². The Kier molecular flexibility index (Phi) is 5.61. The number of aromatic nitrogens is 1. The minimum Gasteiger partial charge on any atom is -0.476 e. The van der Waals surface area contributed by atoms with Gasteiger partial charge in [-0.3, -0.25) is 4.79 Å². The highest BCUT2D eigenvalue weighted by molar-refractivity contribution is 7.98. The molecule has 1 aromatic rings. The topological polar surface area (TPSA) is 70.5 Å². The molecule has 0 aliphatic carbocycles. The normalized spacial score (nSPS) is 12.2. The lowest BCUT2D eigenvalue weighted by atomic mass is 10.2. The van der Waals surface area contributed by atoms with E-state index in [9.17, 15) is 9.59 Å². The molecule has 1 rings (SSSR count). The third-order valence-corrected chi connectivity index (χ3v) is 4.10. The number of aromatic carboxylic acids is 1. The smallest absolute Gasteiger partial charge is 0.365 e. The van der Waals surface area contributed by atoms with Gasteiger partial charge in [0.05, 0.1) is 0 Å². The van der Waals surface area contributed by atoms with E-state index in [0.717, 1.165) is 23.5 Å². The van der Waals surface area contributed by atoms with Crippen LogP contribution in [0.1, 0.15) is 33.6 Å². The highest BCUT2D eigenvalue weighted by Gasteiger charge is 2.21. The lowest BCUT2D eigenvalue weighted by molar-refractivity contribution is 0.0696. The lowest BCUT2D eigenvalue weighted by Gasteiger charge is -2.23. The molecule has 7 heteroatoms. The van der Waals surface area contributed by atoms with Crippen LogP contribution in [0.4, 0.5) is 0 Å². The minimum absolute atomic E-state index is 0.0523. The van der Waals surface area contributed by atoms with Crippen LogP contribution in [0.15, 0.2) is 5.38 Å². The van der Waals surface area contributed by atoms with E-state index < -0.39 is 5.97 Å². The molecule has 1 aromatic heterocycles. The van der Waals surface area contributed by atoms with Gasteiger partial charge in [-0.15, -0.1) is 11.3 Å². The Balaban J connectivity index is 2.70. The Morgan fingerprint density at radius 1 is 1.61 bits per heavy atom. The number of carbonyl (C=O) groups is 2. The first-order valence-electron chi connectivity index (χ1n) is 5.42. The molecular formula is C11H16N2O3S2. The van der Waals surface area contributed by atoms with E-state index in [1.54, 1.807) is 23.7 Å². The van der Waals surface area contributed by atoms with E-state index >= 15 is 0 Å². The highest BCUT2D eigenvalue weighted by Crippen LogP contribution is 2.14. The van der Waals surface area contributed by atoms with Gasteiger partial charge >= 0.3 is 5.97 Å². The fourth-order valence-electron chi connectivity index (χ4n) is 1.33. The van der Waals surface area contributed by atoms with Gasteiger partial charge in [0.15, 0.2) is 0 Å². The van der Waals surface area contributed by atoms with Crippen molar-refractivity contribution in [3.63, 3.8) is 0 Å². The Hall–Kier alpha value is -1.08. The van der Waals surface area contributed by atoms with Crippen molar-refractivity contribution in [1.29, 1.82) is 0 Å². The van der Waals surface area contributed by atoms with Gasteiger partial charge in [-0.2, -0.15) is 11.8 Å². The van der Waals surface area contributed by atoms with Crippen LogP contribution < -0.4 is 0 Å². The van der Waals surface area contributed by atoms with Crippen LogP contribution in [0.5, 0.6) is 0 Å². The summed E-state index contributed by atoms with van der Waals surface area (Å²) in [5.74, 6) is -0.347. The molecule has 5 nitrogen and oxygen atoms in total. The van der Waals surface area contributed by atoms with Crippen LogP contribution in [-0.2, 0) is 0 Å². The van der Waals surface area contributed by atoms with Crippen molar-refractivity contribution in [3.05, 3.63) is 16.1 Å². The standard InChI is InChI=1S/C11H16N2O3S2/c1-7(4-5-17-3)13(2)10(14)8-6-18-9(12-8)11(15)16/h6-7H,4-5H2,1-3H3,(H,15,16). The zero-order valence-corrected chi connectivity index (χ0v) is 12.2. The number of carbonyl (C=O) groups excluding carboxylic acids is 1. The van der Waals surface area contributed by atoms with Crippen molar-refractivity contribution in [3.8, 4) is 0 Å². The predicted octanol–water partition coefficient (Wildman–Crippen LogP) is 2.05. The molecule has 0 spiro atoms. The van der Waals surface area contributed by atoms with Crippen LogP contribution in [0.25, 0.3) is 0 Å². The Morgan fingerprint density at radius 3 is 2.78 bits per heavy atom. The summed E-state index contributed by atoms with van der Waals surface area (Å²) in [5.41, 5.74) is 0.205. The summed E-state index contributed by atoms with van der Waals surface area (Å²) in [7, 11) is 1.72. The monoisotopic (exact) mass is 288 g/mol. The van der Waals surface area contributed by atoms with E-state index in [2.05, 4.69) is 4.98 Å². The number of nitrogens with zero attached hydrogens (tertiary/aromatic N) is 2. The van der Waals surface area contributed by atoms with Crippen LogP contribution >= 0.6 is 23.1 Å². The SMILES string of the molecule is CSCCC(C)N(C)C(=O)c1csc(C(=O)O)n1. The van der Waals surface area contributed by atoms with Gasteiger partial charge in [-0.05, 0) is 25.4 Å². The second-order valence-electron chi connectivity index (χ2n) is 3.89. The zero-order chi connectivity index (χ0) is 13.7. The van der Waals surface area contributed by atoms with Gasteiger partial charge in [-0.1, -0.05) is 0 Å². The number of hydrogen-bond donors (Lipinski definition) is 1. The number of amides is 1. The average Bonchev–Trinajstić information content (AvgIpc) is 2.83. The summed E-state index contributed by atoms with van der Waals surface area (Å²) in [4.78, 5) is 28.2. The first-order valence-corrected chi connectivity index (χ1v) is 7.69. The fraction of sp³-hybridized carbons (Fsp3) is 0.545. The third kappa shape index (κ3) is 3.71. The number of rotatable bonds is 6. The molecule has 0 aliphatic heterocycles. The van der Waals surface area contributed by atoms with Gasteiger partial charge in [0.2, 0.25) is 5.01 Å². The third-order valence-electron chi connectivity index (χ3n) is 2.63. The molecule has 100 valence electrons.